The minimum atomic E-state index is -0.489. The number of hydrogen-bond acceptors (Lipinski definition) is 5. The summed E-state index contributed by atoms with van der Waals surface area (Å²) < 4.78 is 12.2. The molecule has 112 valence electrons. The van der Waals surface area contributed by atoms with Crippen LogP contribution >= 0.6 is 0 Å². The van der Waals surface area contributed by atoms with Crippen molar-refractivity contribution in [1.29, 1.82) is 0 Å². The molecule has 1 aliphatic carbocycles. The first-order valence-corrected chi connectivity index (χ1v) is 6.86. The molecule has 0 amide bonds. The fourth-order valence-electron chi connectivity index (χ4n) is 3.04. The summed E-state index contributed by atoms with van der Waals surface area (Å²) in [6.45, 7) is 6.29. The predicted molar refractivity (Wildman–Crippen MR) is 75.6 cm³/mol. The summed E-state index contributed by atoms with van der Waals surface area (Å²) in [5.74, 6) is 0.716. The Morgan fingerprint density at radius 2 is 2.15 bits per heavy atom. The fourth-order valence-corrected chi connectivity index (χ4v) is 3.04. The van der Waals surface area contributed by atoms with E-state index in [9.17, 15) is 4.79 Å². The van der Waals surface area contributed by atoms with E-state index < -0.39 is 5.97 Å². The molecule has 1 aromatic rings. The van der Waals surface area contributed by atoms with Crippen molar-refractivity contribution in [2.45, 2.75) is 45.8 Å². The lowest BCUT2D eigenvalue weighted by Crippen LogP contribution is -2.51. The van der Waals surface area contributed by atoms with Crippen LogP contribution in [0.4, 0.5) is 5.82 Å². The van der Waals surface area contributed by atoms with Gasteiger partial charge in [0.05, 0.1) is 13.2 Å². The molecule has 2 rings (SSSR count). The topological polar surface area (TPSA) is 79.4 Å². The van der Waals surface area contributed by atoms with Gasteiger partial charge < -0.3 is 19.8 Å². The van der Waals surface area contributed by atoms with Crippen LogP contribution in [0.3, 0.4) is 0 Å². The van der Waals surface area contributed by atoms with E-state index in [4.69, 9.17) is 15.2 Å². The summed E-state index contributed by atoms with van der Waals surface area (Å²) in [4.78, 5) is 16.1. The Morgan fingerprint density at radius 3 is 2.60 bits per heavy atom. The molecule has 20 heavy (non-hydrogen) atoms. The number of aryl methyl sites for hydroxylation is 1. The van der Waals surface area contributed by atoms with E-state index in [-0.39, 0.29) is 23.3 Å². The van der Waals surface area contributed by atoms with Gasteiger partial charge in [0, 0.05) is 25.0 Å². The van der Waals surface area contributed by atoms with Gasteiger partial charge in [0.15, 0.2) is 5.69 Å². The predicted octanol–water partition coefficient (Wildman–Crippen LogP) is 1.80. The van der Waals surface area contributed by atoms with Crippen molar-refractivity contribution in [2.75, 3.05) is 20.0 Å². The quantitative estimate of drug-likeness (QED) is 0.851. The SMILES string of the molecule is CCc1nc(C(=O)OC)c(N)n1C1CC(OC)C1(C)C. The highest BCUT2D eigenvalue weighted by Gasteiger charge is 2.51. The molecule has 0 radical (unpaired) electrons. The lowest BCUT2D eigenvalue weighted by atomic mass is 9.64. The summed E-state index contributed by atoms with van der Waals surface area (Å²) >= 11 is 0. The van der Waals surface area contributed by atoms with Crippen LogP contribution < -0.4 is 5.73 Å². The van der Waals surface area contributed by atoms with E-state index in [1.165, 1.54) is 7.11 Å². The fraction of sp³-hybridized carbons (Fsp3) is 0.714. The molecule has 0 saturated heterocycles. The van der Waals surface area contributed by atoms with Gasteiger partial charge in [-0.1, -0.05) is 20.8 Å². The molecule has 2 atom stereocenters. The van der Waals surface area contributed by atoms with Crippen LogP contribution in [0.1, 0.15) is 49.5 Å². The zero-order valence-corrected chi connectivity index (χ0v) is 12.8. The van der Waals surface area contributed by atoms with Gasteiger partial charge in [-0.25, -0.2) is 9.78 Å². The Bertz CT molecular complexity index is 522. The average molecular weight is 281 g/mol. The van der Waals surface area contributed by atoms with Crippen molar-refractivity contribution in [2.24, 2.45) is 5.41 Å². The number of hydrogen-bond donors (Lipinski definition) is 1. The van der Waals surface area contributed by atoms with Gasteiger partial charge in [0.2, 0.25) is 0 Å². The van der Waals surface area contributed by atoms with Crippen molar-refractivity contribution in [3.8, 4) is 0 Å². The molecular weight excluding hydrogens is 258 g/mol. The van der Waals surface area contributed by atoms with Crippen molar-refractivity contribution >= 4 is 11.8 Å². The molecule has 6 heteroatoms. The number of rotatable bonds is 4. The third kappa shape index (κ3) is 1.98. The van der Waals surface area contributed by atoms with E-state index >= 15 is 0 Å². The minimum Gasteiger partial charge on any atom is -0.464 e. The van der Waals surface area contributed by atoms with Gasteiger partial charge in [0.25, 0.3) is 0 Å². The smallest absolute Gasteiger partial charge is 0.360 e. The van der Waals surface area contributed by atoms with Crippen molar-refractivity contribution in [3.05, 3.63) is 11.5 Å². The summed E-state index contributed by atoms with van der Waals surface area (Å²) in [5.41, 5.74) is 6.30. The van der Waals surface area contributed by atoms with Gasteiger partial charge >= 0.3 is 5.97 Å². The van der Waals surface area contributed by atoms with E-state index in [1.54, 1.807) is 7.11 Å². The highest BCUT2D eigenvalue weighted by atomic mass is 16.5. The van der Waals surface area contributed by atoms with Crippen LogP contribution in [0, 0.1) is 5.41 Å². The molecule has 1 aliphatic rings. The summed E-state index contributed by atoms with van der Waals surface area (Å²) in [6.07, 6.45) is 1.78. The Morgan fingerprint density at radius 1 is 1.50 bits per heavy atom. The summed E-state index contributed by atoms with van der Waals surface area (Å²) in [7, 11) is 3.06. The first kappa shape index (κ1) is 14.8. The van der Waals surface area contributed by atoms with Crippen LogP contribution in [0.25, 0.3) is 0 Å². The maximum atomic E-state index is 11.7. The third-order valence-electron chi connectivity index (χ3n) is 4.44. The van der Waals surface area contributed by atoms with Crippen LogP contribution in [0.5, 0.6) is 0 Å². The number of carbonyl (C=O) groups is 1. The lowest BCUT2D eigenvalue weighted by Gasteiger charge is -2.52. The molecule has 1 fully saturated rings. The number of imidazole rings is 1. The van der Waals surface area contributed by atoms with Gasteiger partial charge in [0.1, 0.15) is 11.6 Å². The minimum absolute atomic E-state index is 0.0408. The summed E-state index contributed by atoms with van der Waals surface area (Å²) in [5, 5.41) is 0. The zero-order chi connectivity index (χ0) is 15.1. The molecule has 1 heterocycles. The van der Waals surface area contributed by atoms with Gasteiger partial charge in [-0.3, -0.25) is 0 Å². The molecule has 1 aromatic heterocycles. The van der Waals surface area contributed by atoms with Crippen LogP contribution in [0.15, 0.2) is 0 Å². The molecule has 0 spiro atoms. The zero-order valence-electron chi connectivity index (χ0n) is 12.8. The monoisotopic (exact) mass is 281 g/mol. The highest BCUT2D eigenvalue weighted by Crippen LogP contribution is 2.52. The van der Waals surface area contributed by atoms with Crippen molar-refractivity contribution in [3.63, 3.8) is 0 Å². The Balaban J connectivity index is 2.42. The van der Waals surface area contributed by atoms with Crippen molar-refractivity contribution < 1.29 is 14.3 Å². The molecule has 1 saturated carbocycles. The molecule has 0 aliphatic heterocycles. The molecule has 2 unspecified atom stereocenters. The first-order valence-electron chi connectivity index (χ1n) is 6.86. The molecule has 0 bridgehead atoms. The molecule has 2 N–H and O–H groups in total. The Kier molecular flexibility index (Phi) is 3.77. The summed E-state index contributed by atoms with van der Waals surface area (Å²) in [6, 6.07) is 0.188. The number of nitrogen functional groups attached to an aromatic ring is 1. The van der Waals surface area contributed by atoms with Crippen molar-refractivity contribution in [1.82, 2.24) is 9.55 Å². The van der Waals surface area contributed by atoms with Gasteiger partial charge in [-0.2, -0.15) is 0 Å². The second-order valence-electron chi connectivity index (χ2n) is 5.77. The van der Waals surface area contributed by atoms with E-state index in [0.717, 1.165) is 12.2 Å². The number of carbonyl (C=O) groups excluding carboxylic acids is 1. The maximum absolute atomic E-state index is 11.7. The lowest BCUT2D eigenvalue weighted by molar-refractivity contribution is -0.112. The van der Waals surface area contributed by atoms with E-state index in [0.29, 0.717) is 12.2 Å². The van der Waals surface area contributed by atoms with Crippen LogP contribution in [-0.4, -0.2) is 35.8 Å². The van der Waals surface area contributed by atoms with Crippen LogP contribution in [0.2, 0.25) is 0 Å². The number of nitrogens with zero attached hydrogens (tertiary/aromatic N) is 2. The van der Waals surface area contributed by atoms with E-state index in [2.05, 4.69) is 18.8 Å². The largest absolute Gasteiger partial charge is 0.464 e. The second-order valence-corrected chi connectivity index (χ2v) is 5.77. The number of nitrogens with two attached hydrogens (primary N) is 1. The standard InChI is InChI=1S/C14H23N3O3/c1-6-10-16-11(13(18)20-5)12(15)17(10)8-7-9(19-4)14(8,2)3/h8-9H,6-7,15H2,1-5H3. The van der Waals surface area contributed by atoms with E-state index in [1.807, 2.05) is 11.5 Å². The van der Waals surface area contributed by atoms with Gasteiger partial charge in [-0.05, 0) is 6.42 Å². The van der Waals surface area contributed by atoms with Gasteiger partial charge in [-0.15, -0.1) is 0 Å². The van der Waals surface area contributed by atoms with Crippen LogP contribution in [-0.2, 0) is 15.9 Å². The molecule has 6 nitrogen and oxygen atoms in total. The Hall–Kier alpha value is -1.56. The highest BCUT2D eigenvalue weighted by molar-refractivity contribution is 5.92. The maximum Gasteiger partial charge on any atom is 0.360 e. The first-order chi connectivity index (χ1) is 9.38. The number of ether oxygens (including phenoxy) is 2. The molecule has 0 aromatic carbocycles. The number of aromatic nitrogens is 2. The Labute approximate surface area is 119 Å². The number of methoxy groups -OCH3 is 2. The third-order valence-corrected chi connectivity index (χ3v) is 4.44. The molecular formula is C14H23N3O3. The normalized spacial score (nSPS) is 24.2. The number of esters is 1. The number of anilines is 1. The average Bonchev–Trinajstić information content (AvgIpc) is 2.74. The second kappa shape index (κ2) is 5.09.